The van der Waals surface area contributed by atoms with Crippen molar-refractivity contribution in [3.05, 3.63) is 0 Å². The molecule has 5 heavy (non-hydrogen) atoms. The summed E-state index contributed by atoms with van der Waals surface area (Å²) in [5, 5.41) is 0. The maximum Gasteiger partial charge on any atom is 0.317 e. The Balaban J connectivity index is 2.40. The molecule has 0 rings (SSSR count). The van der Waals surface area contributed by atoms with Gasteiger partial charge in [-0.05, 0) is 0 Å². The van der Waals surface area contributed by atoms with Crippen molar-refractivity contribution in [1.29, 1.82) is 0 Å². The molecule has 0 spiro atoms. The van der Waals surface area contributed by atoms with Crippen molar-refractivity contribution in [1.82, 2.24) is 0 Å². The van der Waals surface area contributed by atoms with Gasteiger partial charge in [-0.25, -0.2) is 4.57 Å². The van der Waals surface area contributed by atoms with E-state index < -0.39 is 18.7 Å². The lowest BCUT2D eigenvalue weighted by Gasteiger charge is -1.71. The third-order valence-electron chi connectivity index (χ3n) is 0.110. The third-order valence-corrected chi connectivity index (χ3v) is 0.994. The molecule has 1 N–H and O–H groups in total. The molecule has 30 valence electrons. The zero-order valence-electron chi connectivity index (χ0n) is 2.42. The van der Waals surface area contributed by atoms with Gasteiger partial charge in [0.15, 0.2) is 0 Å². The van der Waals surface area contributed by atoms with E-state index in [9.17, 15) is 0 Å². The monoisotopic (exact) mass is 110 g/mol. The van der Waals surface area contributed by atoms with Crippen LogP contribution in [0, 0.1) is 0 Å². The van der Waals surface area contributed by atoms with Crippen molar-refractivity contribution in [3.63, 3.8) is 0 Å². The first-order valence-corrected chi connectivity index (χ1v) is 2.91. The van der Waals surface area contributed by atoms with E-state index in [4.69, 9.17) is 9.36 Å². The van der Waals surface area contributed by atoms with Gasteiger partial charge in [0, 0.05) is 0 Å². The van der Waals surface area contributed by atoms with Crippen LogP contribution in [0.25, 0.3) is 0 Å². The summed E-state index contributed by atoms with van der Waals surface area (Å²) in [4.78, 5) is 7.78. The van der Waals surface area contributed by atoms with Crippen molar-refractivity contribution >= 4 is 18.7 Å². The molecule has 0 aromatic heterocycles. The summed E-state index contributed by atoms with van der Waals surface area (Å²) < 4.78 is 13.1. The highest BCUT2D eigenvalue weighted by molar-refractivity contribution is 7.19. The Labute approximate surface area is 33.3 Å². The van der Waals surface area contributed by atoms with Crippen LogP contribution >= 0.6 is 8.69 Å². The van der Waals surface area contributed by atoms with Crippen LogP contribution in [0.15, 0.2) is 0 Å². The van der Waals surface area contributed by atoms with Gasteiger partial charge in [-0.3, -0.25) is 0 Å². The Morgan fingerprint density at radius 1 is 2.00 bits per heavy atom. The first kappa shape index (κ1) is 5.24. The first-order valence-electron chi connectivity index (χ1n) is 0.970. The Hall–Kier alpha value is 0.237. The van der Waals surface area contributed by atoms with Crippen LogP contribution in [-0.2, 0) is 8.78 Å². The van der Waals surface area contributed by atoms with E-state index in [0.717, 1.165) is 0 Å². The lowest BCUT2D eigenvalue weighted by molar-refractivity contribution is 0.460. The lowest BCUT2D eigenvalue weighted by atomic mass is 15.8. The summed E-state index contributed by atoms with van der Waals surface area (Å²) >= 11 is 0. The van der Waals surface area contributed by atoms with Crippen molar-refractivity contribution in [2.24, 2.45) is 0 Å². The van der Waals surface area contributed by atoms with Gasteiger partial charge < -0.3 is 9.01 Å². The highest BCUT2D eigenvalue weighted by Gasteiger charge is 1.69. The zero-order chi connectivity index (χ0) is 4.12. The Bertz CT molecular complexity index is 28.1. The average molecular weight is 110 g/mol. The SMILES string of the molecule is O=PO[SiH2]O. The fourth-order valence-electron chi connectivity index (χ4n) is 0.0236. The number of hydrogen-bond donors (Lipinski definition) is 1. The van der Waals surface area contributed by atoms with Crippen LogP contribution in [-0.4, -0.2) is 14.8 Å². The van der Waals surface area contributed by atoms with Gasteiger partial charge in [0.1, 0.15) is 0 Å². The summed E-state index contributed by atoms with van der Waals surface area (Å²) in [6, 6.07) is 0. The van der Waals surface area contributed by atoms with E-state index in [-0.39, 0.29) is 0 Å². The molecule has 0 amide bonds. The molecular formula is H3O3PSi. The lowest BCUT2D eigenvalue weighted by Crippen LogP contribution is -1.80. The zero-order valence-corrected chi connectivity index (χ0v) is 4.73. The normalized spacial score (nSPS) is 11.4. The maximum absolute atomic E-state index is 9.15. The van der Waals surface area contributed by atoms with Gasteiger partial charge in [0.2, 0.25) is 0 Å². The average Bonchev–Trinajstić information content (AvgIpc) is 1.41. The standard InChI is InChI=1S/H3O3PSi/c1-4-3-5-2/h2H,5H2. The molecule has 3 nitrogen and oxygen atoms in total. The highest BCUT2D eigenvalue weighted by atomic mass is 31.1. The molecule has 0 saturated carbocycles. The fraction of sp³-hybridized carbons (Fsp3) is 0. The largest absolute Gasteiger partial charge is 0.415 e. The van der Waals surface area contributed by atoms with E-state index in [0.29, 0.717) is 0 Å². The third kappa shape index (κ3) is 4.24. The second-order valence-electron chi connectivity index (χ2n) is 0.333. The Morgan fingerprint density at radius 2 is 2.60 bits per heavy atom. The summed E-state index contributed by atoms with van der Waals surface area (Å²) in [6.07, 6.45) is 0. The van der Waals surface area contributed by atoms with Crippen molar-refractivity contribution < 1.29 is 13.6 Å². The molecule has 0 radical (unpaired) electrons. The summed E-state index contributed by atoms with van der Waals surface area (Å²) in [6.45, 7) is 0. The molecule has 0 saturated heterocycles. The maximum atomic E-state index is 9.15. The van der Waals surface area contributed by atoms with E-state index >= 15 is 0 Å². The van der Waals surface area contributed by atoms with E-state index in [1.54, 1.807) is 0 Å². The van der Waals surface area contributed by atoms with Crippen LogP contribution in [0.1, 0.15) is 0 Å². The second kappa shape index (κ2) is 4.24. The van der Waals surface area contributed by atoms with Crippen molar-refractivity contribution in [2.75, 3.05) is 0 Å². The molecule has 0 aliphatic rings. The van der Waals surface area contributed by atoms with Gasteiger partial charge in [-0.1, -0.05) is 0 Å². The van der Waals surface area contributed by atoms with Gasteiger partial charge in [0.05, 0.1) is 0 Å². The predicted octanol–water partition coefficient (Wildman–Crippen LogP) is -0.799. The van der Waals surface area contributed by atoms with Gasteiger partial charge in [-0.2, -0.15) is 0 Å². The number of rotatable bonds is 2. The smallest absolute Gasteiger partial charge is 0.317 e. The molecule has 0 heterocycles. The van der Waals surface area contributed by atoms with Crippen molar-refractivity contribution in [2.45, 2.75) is 0 Å². The molecule has 0 aromatic carbocycles. The second-order valence-corrected chi connectivity index (χ2v) is 1.77. The molecular weight excluding hydrogens is 107 g/mol. The van der Waals surface area contributed by atoms with E-state index in [1.807, 2.05) is 0 Å². The minimum absolute atomic E-state index is 0.409. The minimum atomic E-state index is -1.41. The molecule has 0 aromatic rings. The summed E-state index contributed by atoms with van der Waals surface area (Å²) in [5.74, 6) is 0. The van der Waals surface area contributed by atoms with Crippen LogP contribution in [0.4, 0.5) is 0 Å². The Kier molecular flexibility index (Phi) is 4.44. The van der Waals surface area contributed by atoms with Gasteiger partial charge in [0.25, 0.3) is 0 Å². The van der Waals surface area contributed by atoms with E-state index in [2.05, 4.69) is 4.21 Å². The molecule has 5 heteroatoms. The quantitative estimate of drug-likeness (QED) is 0.374. The highest BCUT2D eigenvalue weighted by Crippen LogP contribution is 1.85. The summed E-state index contributed by atoms with van der Waals surface area (Å²) in [7, 11) is -1.82. The summed E-state index contributed by atoms with van der Waals surface area (Å²) in [5.41, 5.74) is 0. The first-order chi connectivity index (χ1) is 2.41. The predicted molar refractivity (Wildman–Crippen MR) is 19.5 cm³/mol. The van der Waals surface area contributed by atoms with Gasteiger partial charge in [-0.15, -0.1) is 0 Å². The van der Waals surface area contributed by atoms with Gasteiger partial charge >= 0.3 is 18.7 Å². The molecule has 0 aliphatic carbocycles. The van der Waals surface area contributed by atoms with Crippen molar-refractivity contribution in [3.8, 4) is 0 Å². The molecule has 0 atom stereocenters. The minimum Gasteiger partial charge on any atom is -0.415 e. The molecule has 0 bridgehead atoms. The van der Waals surface area contributed by atoms with Crippen LogP contribution in [0.3, 0.4) is 0 Å². The van der Waals surface area contributed by atoms with E-state index in [1.165, 1.54) is 0 Å². The number of hydrogen-bond acceptors (Lipinski definition) is 3. The molecule has 0 unspecified atom stereocenters. The topological polar surface area (TPSA) is 46.5 Å². The van der Waals surface area contributed by atoms with Crippen LogP contribution in [0.5, 0.6) is 0 Å². The molecule has 0 fully saturated rings. The van der Waals surface area contributed by atoms with Crippen LogP contribution < -0.4 is 0 Å². The Morgan fingerprint density at radius 3 is 2.60 bits per heavy atom. The fourth-order valence-corrected chi connectivity index (χ4v) is 0.212. The van der Waals surface area contributed by atoms with Crippen LogP contribution in [0.2, 0.25) is 0 Å². The molecule has 0 aliphatic heterocycles.